The lowest BCUT2D eigenvalue weighted by Gasteiger charge is -2.21. The second kappa shape index (κ2) is 3.27. The second-order valence-electron chi connectivity index (χ2n) is 4.05. The minimum atomic E-state index is -0.257. The molecule has 4 nitrogen and oxygen atoms in total. The highest BCUT2D eigenvalue weighted by Crippen LogP contribution is 2.43. The monoisotopic (exact) mass is 185 g/mol. The first-order valence-electron chi connectivity index (χ1n) is 4.84. The zero-order chi connectivity index (χ0) is 9.31. The third kappa shape index (κ3) is 1.56. The summed E-state index contributed by atoms with van der Waals surface area (Å²) in [5, 5.41) is 8.49. The largest absolute Gasteiger partial charge is 0.375 e. The molecule has 1 saturated heterocycles. The van der Waals surface area contributed by atoms with Gasteiger partial charge in [0.05, 0.1) is 5.60 Å². The van der Waals surface area contributed by atoms with Gasteiger partial charge in [-0.2, -0.15) is 0 Å². The van der Waals surface area contributed by atoms with Crippen LogP contribution < -0.4 is 5.48 Å². The van der Waals surface area contributed by atoms with E-state index in [0.717, 1.165) is 38.7 Å². The van der Waals surface area contributed by atoms with E-state index in [1.54, 1.807) is 5.48 Å². The van der Waals surface area contributed by atoms with Crippen LogP contribution in [0, 0.1) is 5.92 Å². The first-order chi connectivity index (χ1) is 6.26. The summed E-state index contributed by atoms with van der Waals surface area (Å²) in [5.74, 6) is -0.310. The van der Waals surface area contributed by atoms with E-state index >= 15 is 0 Å². The van der Waals surface area contributed by atoms with Gasteiger partial charge >= 0.3 is 0 Å². The maximum Gasteiger partial charge on any atom is 0.246 e. The molecule has 2 N–H and O–H groups in total. The Bertz CT molecular complexity index is 211. The van der Waals surface area contributed by atoms with E-state index in [4.69, 9.17) is 9.94 Å². The van der Waals surface area contributed by atoms with Crippen molar-refractivity contribution in [2.24, 2.45) is 5.92 Å². The highest BCUT2D eigenvalue weighted by molar-refractivity contribution is 5.77. The summed E-state index contributed by atoms with van der Waals surface area (Å²) in [4.78, 5) is 11.1. The van der Waals surface area contributed by atoms with Crippen LogP contribution in [0.4, 0.5) is 0 Å². The van der Waals surface area contributed by atoms with Crippen LogP contribution in [0.5, 0.6) is 0 Å². The number of carbonyl (C=O) groups excluding carboxylic acids is 1. The van der Waals surface area contributed by atoms with Crippen LogP contribution in [0.25, 0.3) is 0 Å². The van der Waals surface area contributed by atoms with Crippen molar-refractivity contribution in [2.45, 2.75) is 37.7 Å². The van der Waals surface area contributed by atoms with Gasteiger partial charge in [0.25, 0.3) is 0 Å². The predicted molar refractivity (Wildman–Crippen MR) is 45.2 cm³/mol. The molecule has 2 atom stereocenters. The van der Waals surface area contributed by atoms with Crippen molar-refractivity contribution in [3.63, 3.8) is 0 Å². The Balaban J connectivity index is 1.96. The molecule has 4 heteroatoms. The first-order valence-corrected chi connectivity index (χ1v) is 4.84. The average Bonchev–Trinajstić information content (AvgIpc) is 2.76. The second-order valence-corrected chi connectivity index (χ2v) is 4.05. The molecule has 0 radical (unpaired) electrons. The summed E-state index contributed by atoms with van der Waals surface area (Å²) in [6, 6.07) is 0. The fraction of sp³-hybridized carbons (Fsp3) is 0.889. The SMILES string of the molecule is O=C(NO)C1CCC2(CCCO2)C1. The van der Waals surface area contributed by atoms with Crippen LogP contribution in [0.3, 0.4) is 0 Å². The number of hydrogen-bond acceptors (Lipinski definition) is 3. The zero-order valence-electron chi connectivity index (χ0n) is 7.58. The number of ether oxygens (including phenoxy) is 1. The van der Waals surface area contributed by atoms with Crippen molar-refractivity contribution in [3.05, 3.63) is 0 Å². The summed E-state index contributed by atoms with van der Waals surface area (Å²) >= 11 is 0. The van der Waals surface area contributed by atoms with Gasteiger partial charge in [-0.25, -0.2) is 5.48 Å². The lowest BCUT2D eigenvalue weighted by atomic mass is 9.96. The highest BCUT2D eigenvalue weighted by atomic mass is 16.5. The summed E-state index contributed by atoms with van der Waals surface area (Å²) in [7, 11) is 0. The number of amides is 1. The van der Waals surface area contributed by atoms with Crippen LogP contribution in [-0.4, -0.2) is 23.3 Å². The number of hydrogen-bond donors (Lipinski definition) is 2. The highest BCUT2D eigenvalue weighted by Gasteiger charge is 2.44. The van der Waals surface area contributed by atoms with E-state index in [1.165, 1.54) is 0 Å². The Morgan fingerprint density at radius 1 is 1.54 bits per heavy atom. The quantitative estimate of drug-likeness (QED) is 0.470. The Labute approximate surface area is 77.2 Å². The normalized spacial score (nSPS) is 38.4. The average molecular weight is 185 g/mol. The minimum absolute atomic E-state index is 0.0306. The number of rotatable bonds is 1. The van der Waals surface area contributed by atoms with Gasteiger partial charge in [0.1, 0.15) is 0 Å². The standard InChI is InChI=1S/C9H15NO3/c11-8(10-12)7-2-4-9(6-7)3-1-5-13-9/h7,12H,1-6H2,(H,10,11). The number of nitrogens with one attached hydrogen (secondary N) is 1. The van der Waals surface area contributed by atoms with Gasteiger partial charge in [0.2, 0.25) is 5.91 Å². The van der Waals surface area contributed by atoms with Crippen molar-refractivity contribution in [3.8, 4) is 0 Å². The Kier molecular flexibility index (Phi) is 2.26. The molecule has 0 aromatic rings. The van der Waals surface area contributed by atoms with E-state index in [0.29, 0.717) is 0 Å². The topological polar surface area (TPSA) is 58.6 Å². The molecule has 0 bridgehead atoms. The molecule has 2 rings (SSSR count). The van der Waals surface area contributed by atoms with E-state index in [-0.39, 0.29) is 17.4 Å². The third-order valence-corrected chi connectivity index (χ3v) is 3.23. The first kappa shape index (κ1) is 8.97. The fourth-order valence-corrected chi connectivity index (χ4v) is 2.52. The molecule has 2 aliphatic rings. The van der Waals surface area contributed by atoms with Gasteiger partial charge < -0.3 is 4.74 Å². The molecule has 1 aliphatic heterocycles. The molecule has 1 amide bonds. The van der Waals surface area contributed by atoms with Gasteiger partial charge in [-0.1, -0.05) is 0 Å². The minimum Gasteiger partial charge on any atom is -0.375 e. The molecule has 1 heterocycles. The fourth-order valence-electron chi connectivity index (χ4n) is 2.52. The Hall–Kier alpha value is -0.610. The van der Waals surface area contributed by atoms with Gasteiger partial charge in [-0.15, -0.1) is 0 Å². The molecule has 2 fully saturated rings. The van der Waals surface area contributed by atoms with Crippen LogP contribution in [0.2, 0.25) is 0 Å². The third-order valence-electron chi connectivity index (χ3n) is 3.23. The number of carbonyl (C=O) groups is 1. The maximum atomic E-state index is 11.1. The van der Waals surface area contributed by atoms with E-state index < -0.39 is 0 Å². The number of hydroxylamine groups is 1. The summed E-state index contributed by atoms with van der Waals surface area (Å²) < 4.78 is 5.66. The van der Waals surface area contributed by atoms with E-state index in [9.17, 15) is 4.79 Å². The molecular formula is C9H15NO3. The molecule has 74 valence electrons. The van der Waals surface area contributed by atoms with Crippen molar-refractivity contribution in [2.75, 3.05) is 6.61 Å². The van der Waals surface area contributed by atoms with Crippen molar-refractivity contribution >= 4 is 5.91 Å². The van der Waals surface area contributed by atoms with Crippen molar-refractivity contribution in [1.82, 2.24) is 5.48 Å². The summed E-state index contributed by atoms with van der Waals surface area (Å²) in [6.45, 7) is 0.827. The molecule has 1 aliphatic carbocycles. The smallest absolute Gasteiger partial charge is 0.246 e. The van der Waals surface area contributed by atoms with Crippen LogP contribution in [0.1, 0.15) is 32.1 Å². The molecule has 0 aromatic carbocycles. The van der Waals surface area contributed by atoms with Gasteiger partial charge in [0.15, 0.2) is 0 Å². The summed E-state index contributed by atoms with van der Waals surface area (Å²) in [6.07, 6.45) is 4.76. The van der Waals surface area contributed by atoms with Crippen LogP contribution in [0.15, 0.2) is 0 Å². The Morgan fingerprint density at radius 3 is 3.00 bits per heavy atom. The lowest BCUT2D eigenvalue weighted by molar-refractivity contribution is -0.133. The van der Waals surface area contributed by atoms with Gasteiger partial charge in [-0.05, 0) is 32.1 Å². The maximum absolute atomic E-state index is 11.1. The van der Waals surface area contributed by atoms with Crippen molar-refractivity contribution < 1.29 is 14.7 Å². The molecular weight excluding hydrogens is 170 g/mol. The van der Waals surface area contributed by atoms with Crippen LogP contribution in [-0.2, 0) is 9.53 Å². The van der Waals surface area contributed by atoms with E-state index in [2.05, 4.69) is 0 Å². The van der Waals surface area contributed by atoms with Gasteiger partial charge in [-0.3, -0.25) is 10.0 Å². The molecule has 13 heavy (non-hydrogen) atoms. The van der Waals surface area contributed by atoms with Crippen LogP contribution >= 0.6 is 0 Å². The zero-order valence-corrected chi connectivity index (χ0v) is 7.58. The molecule has 1 saturated carbocycles. The predicted octanol–water partition coefficient (Wildman–Crippen LogP) is 0.841. The molecule has 2 unspecified atom stereocenters. The molecule has 1 spiro atoms. The van der Waals surface area contributed by atoms with Gasteiger partial charge in [0, 0.05) is 12.5 Å². The lowest BCUT2D eigenvalue weighted by Crippen LogP contribution is -2.29. The Morgan fingerprint density at radius 2 is 2.38 bits per heavy atom. The summed E-state index contributed by atoms with van der Waals surface area (Å²) in [5.41, 5.74) is 1.69. The molecule has 0 aromatic heterocycles. The van der Waals surface area contributed by atoms with E-state index in [1.807, 2.05) is 0 Å². The van der Waals surface area contributed by atoms with Crippen molar-refractivity contribution in [1.29, 1.82) is 0 Å².